The molecule has 0 saturated heterocycles. The van der Waals surface area contributed by atoms with Gasteiger partial charge < -0.3 is 0 Å². The maximum atomic E-state index is 12.3. The highest BCUT2D eigenvalue weighted by Gasteiger charge is 2.45. The molecule has 0 amide bonds. The summed E-state index contributed by atoms with van der Waals surface area (Å²) in [6, 6.07) is 2.31. The topological polar surface area (TPSA) is 89.3 Å². The first-order chi connectivity index (χ1) is 9.54. The molecule has 1 aliphatic carbocycles. The van der Waals surface area contributed by atoms with Crippen LogP contribution in [0.2, 0.25) is 5.02 Å². The van der Waals surface area contributed by atoms with Gasteiger partial charge in [0.15, 0.2) is 0 Å². The van der Waals surface area contributed by atoms with Crippen molar-refractivity contribution in [1.29, 1.82) is 0 Å². The van der Waals surface area contributed by atoms with Crippen molar-refractivity contribution >= 4 is 27.3 Å². The summed E-state index contributed by atoms with van der Waals surface area (Å²) in [5.74, 6) is 0.301. The molecule has 1 saturated carbocycles. The second-order valence-electron chi connectivity index (χ2n) is 6.07. The van der Waals surface area contributed by atoms with Gasteiger partial charge in [-0.25, -0.2) is 13.1 Å². The minimum absolute atomic E-state index is 0.0697. The summed E-state index contributed by atoms with van der Waals surface area (Å²) >= 11 is 5.76. The third-order valence-electron chi connectivity index (χ3n) is 3.97. The van der Waals surface area contributed by atoms with Crippen molar-refractivity contribution in [3.8, 4) is 0 Å². The number of nitrogens with zero attached hydrogens (tertiary/aromatic N) is 1. The lowest BCUT2D eigenvalue weighted by Gasteiger charge is -2.10. The molecule has 8 heteroatoms. The van der Waals surface area contributed by atoms with Gasteiger partial charge in [-0.1, -0.05) is 25.4 Å². The molecule has 6 nitrogen and oxygen atoms in total. The number of aryl methyl sites for hydroxylation is 1. The fourth-order valence-electron chi connectivity index (χ4n) is 2.28. The molecule has 0 aliphatic heterocycles. The number of hydrogen-bond donors (Lipinski definition) is 1. The normalized spacial score (nSPS) is 20.3. The van der Waals surface area contributed by atoms with Crippen molar-refractivity contribution in [1.82, 2.24) is 4.72 Å². The smallest absolute Gasteiger partial charge is 0.258 e. The standard InChI is InChI=1S/C13H17ClN2O4S/c1-8-4-10(14)11(16(17)18)5-12(8)21(19,20)15-7-9-6-13(9,2)3/h4-5,9,15H,6-7H2,1-3H3. The molecular formula is C13H17ClN2O4S. The zero-order valence-electron chi connectivity index (χ0n) is 12.0. The number of halogens is 1. The van der Waals surface area contributed by atoms with Gasteiger partial charge in [-0.3, -0.25) is 10.1 Å². The van der Waals surface area contributed by atoms with Gasteiger partial charge in [0.2, 0.25) is 10.0 Å². The fraction of sp³-hybridized carbons (Fsp3) is 0.538. The van der Waals surface area contributed by atoms with Crippen LogP contribution >= 0.6 is 11.6 Å². The fourth-order valence-corrected chi connectivity index (χ4v) is 3.90. The molecule has 0 aromatic heterocycles. The van der Waals surface area contributed by atoms with Crippen molar-refractivity contribution in [3.63, 3.8) is 0 Å². The molecule has 0 radical (unpaired) electrons. The van der Waals surface area contributed by atoms with Crippen molar-refractivity contribution in [2.75, 3.05) is 6.54 Å². The monoisotopic (exact) mass is 332 g/mol. The summed E-state index contributed by atoms with van der Waals surface area (Å²) < 4.78 is 27.1. The molecule has 2 rings (SSSR count). The molecule has 21 heavy (non-hydrogen) atoms. The third kappa shape index (κ3) is 3.36. The van der Waals surface area contributed by atoms with Crippen LogP contribution < -0.4 is 4.72 Å². The van der Waals surface area contributed by atoms with Crippen molar-refractivity contribution < 1.29 is 13.3 Å². The number of benzene rings is 1. The van der Waals surface area contributed by atoms with E-state index < -0.39 is 20.6 Å². The van der Waals surface area contributed by atoms with E-state index >= 15 is 0 Å². The SMILES string of the molecule is Cc1cc(Cl)c([N+](=O)[O-])cc1S(=O)(=O)NCC1CC1(C)C. The minimum Gasteiger partial charge on any atom is -0.258 e. The highest BCUT2D eigenvalue weighted by Crippen LogP contribution is 2.51. The molecular weight excluding hydrogens is 316 g/mol. The van der Waals surface area contributed by atoms with Crippen LogP contribution in [0.1, 0.15) is 25.8 Å². The van der Waals surface area contributed by atoms with Crippen LogP contribution in [0.25, 0.3) is 0 Å². The van der Waals surface area contributed by atoms with Gasteiger partial charge >= 0.3 is 0 Å². The molecule has 0 bridgehead atoms. The zero-order valence-corrected chi connectivity index (χ0v) is 13.6. The van der Waals surface area contributed by atoms with E-state index in [1.54, 1.807) is 6.92 Å². The number of nitro benzene ring substituents is 1. The predicted octanol–water partition coefficient (Wildman–Crippen LogP) is 2.88. The first kappa shape index (κ1) is 16.2. The van der Waals surface area contributed by atoms with Gasteiger partial charge in [-0.15, -0.1) is 0 Å². The van der Waals surface area contributed by atoms with Gasteiger partial charge in [0, 0.05) is 12.6 Å². The molecule has 0 heterocycles. The van der Waals surface area contributed by atoms with E-state index in [9.17, 15) is 18.5 Å². The molecule has 1 fully saturated rings. The average Bonchev–Trinajstić information content (AvgIpc) is 2.94. The number of nitro groups is 1. The number of rotatable bonds is 5. The summed E-state index contributed by atoms with van der Waals surface area (Å²) in [5, 5.41) is 10.8. The highest BCUT2D eigenvalue weighted by molar-refractivity contribution is 7.89. The molecule has 1 aromatic carbocycles. The Hall–Kier alpha value is -1.18. The van der Waals surface area contributed by atoms with Crippen LogP contribution in [-0.4, -0.2) is 19.9 Å². The first-order valence-electron chi connectivity index (χ1n) is 6.49. The van der Waals surface area contributed by atoms with Gasteiger partial charge in [-0.2, -0.15) is 0 Å². The third-order valence-corrected chi connectivity index (χ3v) is 5.84. The molecule has 1 unspecified atom stereocenters. The molecule has 1 atom stereocenters. The molecule has 1 N–H and O–H groups in total. The van der Waals surface area contributed by atoms with Gasteiger partial charge in [0.1, 0.15) is 5.02 Å². The molecule has 116 valence electrons. The highest BCUT2D eigenvalue weighted by atomic mass is 35.5. The second kappa shape index (κ2) is 5.23. The summed E-state index contributed by atoms with van der Waals surface area (Å²) in [4.78, 5) is 10.1. The summed E-state index contributed by atoms with van der Waals surface area (Å²) in [7, 11) is -3.78. The Bertz CT molecular complexity index is 700. The van der Waals surface area contributed by atoms with E-state index in [1.165, 1.54) is 6.07 Å². The quantitative estimate of drug-likeness (QED) is 0.663. The first-order valence-corrected chi connectivity index (χ1v) is 8.35. The molecule has 0 spiro atoms. The van der Waals surface area contributed by atoms with E-state index in [2.05, 4.69) is 18.6 Å². The Morgan fingerprint density at radius 2 is 2.05 bits per heavy atom. The largest absolute Gasteiger partial charge is 0.289 e. The van der Waals surface area contributed by atoms with Crippen LogP contribution in [0.4, 0.5) is 5.69 Å². The lowest BCUT2D eigenvalue weighted by molar-refractivity contribution is -0.384. The molecule has 1 aromatic rings. The van der Waals surface area contributed by atoms with E-state index in [-0.39, 0.29) is 15.3 Å². The Morgan fingerprint density at radius 1 is 1.48 bits per heavy atom. The van der Waals surface area contributed by atoms with E-state index in [0.717, 1.165) is 12.5 Å². The Balaban J connectivity index is 2.27. The van der Waals surface area contributed by atoms with Crippen molar-refractivity contribution in [2.24, 2.45) is 11.3 Å². The Labute approximate surface area is 128 Å². The van der Waals surface area contributed by atoms with Gasteiger partial charge in [-0.05, 0) is 36.3 Å². The lowest BCUT2D eigenvalue weighted by Crippen LogP contribution is -2.27. The maximum absolute atomic E-state index is 12.3. The summed E-state index contributed by atoms with van der Waals surface area (Å²) in [5.41, 5.74) is 0.131. The average molecular weight is 333 g/mol. The lowest BCUT2D eigenvalue weighted by atomic mass is 10.1. The summed E-state index contributed by atoms with van der Waals surface area (Å²) in [6.45, 7) is 6.05. The van der Waals surface area contributed by atoms with Crippen LogP contribution in [0, 0.1) is 28.4 Å². The van der Waals surface area contributed by atoms with Crippen LogP contribution in [0.15, 0.2) is 17.0 Å². The summed E-state index contributed by atoms with van der Waals surface area (Å²) in [6.07, 6.45) is 0.968. The van der Waals surface area contributed by atoms with Crippen LogP contribution in [-0.2, 0) is 10.0 Å². The predicted molar refractivity (Wildman–Crippen MR) is 79.9 cm³/mol. The maximum Gasteiger partial charge on any atom is 0.289 e. The number of hydrogen-bond acceptors (Lipinski definition) is 4. The van der Waals surface area contributed by atoms with Crippen LogP contribution in [0.3, 0.4) is 0 Å². The number of nitrogens with one attached hydrogen (secondary N) is 1. The van der Waals surface area contributed by atoms with Gasteiger partial charge in [0.25, 0.3) is 5.69 Å². The minimum atomic E-state index is -3.78. The van der Waals surface area contributed by atoms with Crippen molar-refractivity contribution in [2.45, 2.75) is 32.1 Å². The Morgan fingerprint density at radius 3 is 2.52 bits per heavy atom. The number of sulfonamides is 1. The van der Waals surface area contributed by atoms with E-state index in [4.69, 9.17) is 11.6 Å². The van der Waals surface area contributed by atoms with Gasteiger partial charge in [0.05, 0.1) is 9.82 Å². The second-order valence-corrected chi connectivity index (χ2v) is 8.21. The van der Waals surface area contributed by atoms with E-state index in [0.29, 0.717) is 18.0 Å². The van der Waals surface area contributed by atoms with Crippen molar-refractivity contribution in [3.05, 3.63) is 32.8 Å². The van der Waals surface area contributed by atoms with Crippen LogP contribution in [0.5, 0.6) is 0 Å². The Kier molecular flexibility index (Phi) is 4.03. The zero-order chi connectivity index (χ0) is 16.0. The van der Waals surface area contributed by atoms with E-state index in [1.807, 2.05) is 0 Å². The molecule has 1 aliphatic rings.